The third kappa shape index (κ3) is 2.19. The predicted molar refractivity (Wildman–Crippen MR) is 76.1 cm³/mol. The van der Waals surface area contributed by atoms with Crippen LogP contribution in [0.3, 0.4) is 0 Å². The molecule has 3 aromatic rings. The lowest BCUT2D eigenvalue weighted by atomic mass is 10.0. The van der Waals surface area contributed by atoms with E-state index in [9.17, 15) is 9.65 Å². The van der Waals surface area contributed by atoms with E-state index in [-0.39, 0.29) is 5.82 Å². The van der Waals surface area contributed by atoms with Crippen LogP contribution in [0.15, 0.2) is 59.2 Å². The van der Waals surface area contributed by atoms with Crippen LogP contribution < -0.4 is 0 Å². The van der Waals surface area contributed by atoms with Crippen molar-refractivity contribution < 1.29 is 8.81 Å². The number of hydrogen-bond donors (Lipinski definition) is 0. The first-order valence-electron chi connectivity index (χ1n) is 6.12. The summed E-state index contributed by atoms with van der Waals surface area (Å²) in [6.45, 7) is 0. The Morgan fingerprint density at radius 2 is 1.85 bits per heavy atom. The molecule has 0 atom stereocenters. The highest BCUT2D eigenvalue weighted by Gasteiger charge is 2.09. The van der Waals surface area contributed by atoms with Crippen LogP contribution in [-0.4, -0.2) is 0 Å². The molecule has 0 unspecified atom stereocenters. The quantitative estimate of drug-likeness (QED) is 0.632. The van der Waals surface area contributed by atoms with E-state index in [1.54, 1.807) is 24.5 Å². The molecule has 3 rings (SSSR count). The van der Waals surface area contributed by atoms with Crippen LogP contribution in [0.1, 0.15) is 11.1 Å². The molecule has 0 aliphatic rings. The van der Waals surface area contributed by atoms with Gasteiger partial charge in [-0.15, -0.1) is 0 Å². The molecule has 0 bridgehead atoms. The van der Waals surface area contributed by atoms with Gasteiger partial charge in [-0.2, -0.15) is 5.26 Å². The van der Waals surface area contributed by atoms with Crippen LogP contribution in [0.5, 0.6) is 0 Å². The van der Waals surface area contributed by atoms with E-state index >= 15 is 0 Å². The summed E-state index contributed by atoms with van der Waals surface area (Å²) >= 11 is 0. The fourth-order valence-electron chi connectivity index (χ4n) is 2.08. The number of para-hydroxylation sites is 1. The molecule has 0 aliphatic heterocycles. The monoisotopic (exact) mass is 263 g/mol. The Kier molecular flexibility index (Phi) is 3.06. The number of nitrogens with zero attached hydrogens (tertiary/aromatic N) is 1. The summed E-state index contributed by atoms with van der Waals surface area (Å²) in [5, 5.41) is 10.2. The lowest BCUT2D eigenvalue weighted by Crippen LogP contribution is -1.81. The molecule has 2 nitrogen and oxygen atoms in total. The lowest BCUT2D eigenvalue weighted by molar-refractivity contribution is 0.615. The van der Waals surface area contributed by atoms with Crippen molar-refractivity contribution in [3.8, 4) is 6.07 Å². The number of nitriles is 1. The normalized spacial score (nSPS) is 11.5. The number of benzene rings is 2. The Balaban J connectivity index is 2.10. The van der Waals surface area contributed by atoms with Gasteiger partial charge in [-0.25, -0.2) is 4.39 Å². The number of allylic oxidation sites excluding steroid dienone is 1. The number of hydrogen-bond acceptors (Lipinski definition) is 2. The molecule has 2 aromatic carbocycles. The van der Waals surface area contributed by atoms with Crippen molar-refractivity contribution in [2.24, 2.45) is 0 Å². The summed E-state index contributed by atoms with van der Waals surface area (Å²) in [5.74, 6) is -0.297. The minimum atomic E-state index is -0.297. The fourth-order valence-corrected chi connectivity index (χ4v) is 2.08. The van der Waals surface area contributed by atoms with E-state index < -0.39 is 0 Å². The maximum Gasteiger partial charge on any atom is 0.134 e. The van der Waals surface area contributed by atoms with E-state index in [0.717, 1.165) is 22.1 Å². The SMILES string of the molecule is N#C/C(=C\c1ccc(F)cc1)c1coc2ccccc12. The average Bonchev–Trinajstić information content (AvgIpc) is 2.91. The second kappa shape index (κ2) is 5.02. The minimum absolute atomic E-state index is 0.297. The highest BCUT2D eigenvalue weighted by atomic mass is 19.1. The first-order chi connectivity index (χ1) is 9.78. The summed E-state index contributed by atoms with van der Waals surface area (Å²) in [6, 6.07) is 15.7. The fraction of sp³-hybridized carbons (Fsp3) is 0. The van der Waals surface area contributed by atoms with Gasteiger partial charge in [0.15, 0.2) is 0 Å². The van der Waals surface area contributed by atoms with Crippen LogP contribution in [0.25, 0.3) is 22.6 Å². The van der Waals surface area contributed by atoms with Crippen LogP contribution in [0, 0.1) is 17.1 Å². The van der Waals surface area contributed by atoms with Crippen LogP contribution >= 0.6 is 0 Å². The molecule has 0 amide bonds. The first kappa shape index (κ1) is 12.2. The zero-order valence-electron chi connectivity index (χ0n) is 10.5. The summed E-state index contributed by atoms with van der Waals surface area (Å²) in [6.07, 6.45) is 3.29. The maximum atomic E-state index is 12.9. The molecule has 1 heterocycles. The molecule has 0 fully saturated rings. The lowest BCUT2D eigenvalue weighted by Gasteiger charge is -1.97. The molecule has 0 saturated heterocycles. The van der Waals surface area contributed by atoms with Gasteiger partial charge in [0.2, 0.25) is 0 Å². The zero-order valence-corrected chi connectivity index (χ0v) is 10.5. The van der Waals surface area contributed by atoms with Gasteiger partial charge in [0.1, 0.15) is 17.7 Å². The Morgan fingerprint density at radius 1 is 1.10 bits per heavy atom. The molecule has 1 aromatic heterocycles. The molecule has 3 heteroatoms. The second-order valence-corrected chi connectivity index (χ2v) is 4.37. The maximum absolute atomic E-state index is 12.9. The predicted octanol–water partition coefficient (Wildman–Crippen LogP) is 4.64. The summed E-state index contributed by atoms with van der Waals surface area (Å²) < 4.78 is 18.3. The van der Waals surface area contributed by atoms with Gasteiger partial charge in [0.25, 0.3) is 0 Å². The molecular formula is C17H10FNO. The van der Waals surface area contributed by atoms with E-state index in [4.69, 9.17) is 4.42 Å². The number of furan rings is 1. The van der Waals surface area contributed by atoms with Gasteiger partial charge in [-0.05, 0) is 29.8 Å². The standard InChI is InChI=1S/C17H10FNO/c18-14-7-5-12(6-8-14)9-13(10-19)16-11-20-17-4-2-1-3-15(16)17/h1-9,11H/b13-9+. The van der Waals surface area contributed by atoms with Crippen LogP contribution in [0.2, 0.25) is 0 Å². The third-order valence-electron chi connectivity index (χ3n) is 3.07. The molecule has 96 valence electrons. The van der Waals surface area contributed by atoms with E-state index in [1.807, 2.05) is 24.3 Å². The van der Waals surface area contributed by atoms with Crippen molar-refractivity contribution >= 4 is 22.6 Å². The van der Waals surface area contributed by atoms with E-state index in [1.165, 1.54) is 12.1 Å². The number of fused-ring (bicyclic) bond motifs is 1. The largest absolute Gasteiger partial charge is 0.464 e. The van der Waals surface area contributed by atoms with Crippen LogP contribution in [-0.2, 0) is 0 Å². The number of halogens is 1. The molecular weight excluding hydrogens is 253 g/mol. The second-order valence-electron chi connectivity index (χ2n) is 4.37. The van der Waals surface area contributed by atoms with Gasteiger partial charge in [-0.3, -0.25) is 0 Å². The van der Waals surface area contributed by atoms with Crippen LogP contribution in [0.4, 0.5) is 4.39 Å². The van der Waals surface area contributed by atoms with Crippen molar-refractivity contribution in [3.05, 3.63) is 71.7 Å². The number of rotatable bonds is 2. The van der Waals surface area contributed by atoms with Crippen molar-refractivity contribution in [3.63, 3.8) is 0 Å². The Bertz CT molecular complexity index is 822. The Hall–Kier alpha value is -2.86. The van der Waals surface area contributed by atoms with Gasteiger partial charge < -0.3 is 4.42 Å². The molecule has 0 N–H and O–H groups in total. The van der Waals surface area contributed by atoms with E-state index in [0.29, 0.717) is 5.57 Å². The summed E-state index contributed by atoms with van der Waals surface area (Å²) in [7, 11) is 0. The van der Waals surface area contributed by atoms with Gasteiger partial charge in [0.05, 0.1) is 11.6 Å². The highest BCUT2D eigenvalue weighted by Crippen LogP contribution is 2.28. The summed E-state index contributed by atoms with van der Waals surface area (Å²) in [4.78, 5) is 0. The van der Waals surface area contributed by atoms with Crippen molar-refractivity contribution in [2.75, 3.05) is 0 Å². The topological polar surface area (TPSA) is 36.9 Å². The summed E-state index contributed by atoms with van der Waals surface area (Å²) in [5.41, 5.74) is 2.74. The first-order valence-corrected chi connectivity index (χ1v) is 6.12. The molecule has 0 aliphatic carbocycles. The molecule has 20 heavy (non-hydrogen) atoms. The van der Waals surface area contributed by atoms with Crippen molar-refractivity contribution in [1.29, 1.82) is 5.26 Å². The molecule has 0 radical (unpaired) electrons. The molecule has 0 saturated carbocycles. The minimum Gasteiger partial charge on any atom is -0.464 e. The highest BCUT2D eigenvalue weighted by molar-refractivity contribution is 6.00. The van der Waals surface area contributed by atoms with Gasteiger partial charge >= 0.3 is 0 Å². The average molecular weight is 263 g/mol. The Morgan fingerprint density at radius 3 is 2.60 bits per heavy atom. The third-order valence-corrected chi connectivity index (χ3v) is 3.07. The Labute approximate surface area is 115 Å². The van der Waals surface area contributed by atoms with E-state index in [2.05, 4.69) is 6.07 Å². The van der Waals surface area contributed by atoms with Gasteiger partial charge in [-0.1, -0.05) is 30.3 Å². The van der Waals surface area contributed by atoms with Crippen molar-refractivity contribution in [2.45, 2.75) is 0 Å². The van der Waals surface area contributed by atoms with Crippen molar-refractivity contribution in [1.82, 2.24) is 0 Å². The molecule has 0 spiro atoms. The zero-order chi connectivity index (χ0) is 13.9. The van der Waals surface area contributed by atoms with Gasteiger partial charge in [0, 0.05) is 10.9 Å². The smallest absolute Gasteiger partial charge is 0.134 e.